The van der Waals surface area contributed by atoms with Crippen LogP contribution < -0.4 is 15.0 Å². The predicted octanol–water partition coefficient (Wildman–Crippen LogP) is 4.70. The lowest BCUT2D eigenvalue weighted by atomic mass is 10.0. The molecule has 1 N–H and O–H groups in total. The molecule has 1 saturated heterocycles. The van der Waals surface area contributed by atoms with Gasteiger partial charge in [-0.2, -0.15) is 0 Å². The van der Waals surface area contributed by atoms with E-state index in [1.807, 2.05) is 44.2 Å². The van der Waals surface area contributed by atoms with Crippen molar-refractivity contribution in [2.75, 3.05) is 23.4 Å². The Balaban J connectivity index is 1.54. The Labute approximate surface area is 156 Å². The van der Waals surface area contributed by atoms with Crippen molar-refractivity contribution in [1.29, 1.82) is 0 Å². The summed E-state index contributed by atoms with van der Waals surface area (Å²) in [5, 5.41) is 2.90. The summed E-state index contributed by atoms with van der Waals surface area (Å²) in [5.41, 5.74) is 4.24. The zero-order valence-corrected chi connectivity index (χ0v) is 15.9. The second kappa shape index (κ2) is 8.26. The van der Waals surface area contributed by atoms with Gasteiger partial charge in [-0.3, -0.25) is 4.79 Å². The quantitative estimate of drug-likeness (QED) is 0.848. The van der Waals surface area contributed by atoms with Crippen LogP contribution in [0.1, 0.15) is 37.3 Å². The number of nitrogens with one attached hydrogen (secondary N) is 1. The minimum atomic E-state index is -0.149. The van der Waals surface area contributed by atoms with E-state index in [0.717, 1.165) is 23.5 Å². The maximum Gasteiger partial charge on any atom is 0.262 e. The maximum absolute atomic E-state index is 12.2. The summed E-state index contributed by atoms with van der Waals surface area (Å²) < 4.78 is 5.64. The van der Waals surface area contributed by atoms with Crippen molar-refractivity contribution in [1.82, 2.24) is 0 Å². The standard InChI is InChI=1S/C22H28N2O2/c1-16-7-12-21(17(2)14-16)26-15-22(25)23-19-8-10-20(11-9-19)24-13-5-4-6-18(24)3/h7-12,14,18H,4-6,13,15H2,1-3H3,(H,23,25). The van der Waals surface area contributed by atoms with Crippen LogP contribution in [0.4, 0.5) is 11.4 Å². The van der Waals surface area contributed by atoms with E-state index in [1.165, 1.54) is 30.5 Å². The molecule has 0 radical (unpaired) electrons. The lowest BCUT2D eigenvalue weighted by Gasteiger charge is -2.35. The van der Waals surface area contributed by atoms with Gasteiger partial charge in [0.25, 0.3) is 5.91 Å². The molecule has 1 unspecified atom stereocenters. The normalized spacial score (nSPS) is 17.0. The summed E-state index contributed by atoms with van der Waals surface area (Å²) >= 11 is 0. The number of aryl methyl sites for hydroxylation is 2. The molecule has 1 fully saturated rings. The Bertz CT molecular complexity index is 755. The molecule has 1 aliphatic heterocycles. The molecular formula is C22H28N2O2. The van der Waals surface area contributed by atoms with Crippen LogP contribution in [-0.4, -0.2) is 25.1 Å². The van der Waals surface area contributed by atoms with Gasteiger partial charge in [0.05, 0.1) is 0 Å². The number of hydrogen-bond donors (Lipinski definition) is 1. The van der Waals surface area contributed by atoms with Gasteiger partial charge in [0.15, 0.2) is 6.61 Å². The first-order chi connectivity index (χ1) is 12.5. The Morgan fingerprint density at radius 1 is 1.15 bits per heavy atom. The van der Waals surface area contributed by atoms with Crippen molar-refractivity contribution in [3.05, 3.63) is 53.6 Å². The fraction of sp³-hybridized carbons (Fsp3) is 0.409. The highest BCUT2D eigenvalue weighted by Crippen LogP contribution is 2.26. The summed E-state index contributed by atoms with van der Waals surface area (Å²) in [5.74, 6) is 0.601. The van der Waals surface area contributed by atoms with Crippen molar-refractivity contribution in [3.63, 3.8) is 0 Å². The number of piperidine rings is 1. The Morgan fingerprint density at radius 3 is 2.62 bits per heavy atom. The summed E-state index contributed by atoms with van der Waals surface area (Å²) in [6, 6.07) is 14.6. The van der Waals surface area contributed by atoms with Gasteiger partial charge >= 0.3 is 0 Å². The number of hydrogen-bond acceptors (Lipinski definition) is 3. The highest BCUT2D eigenvalue weighted by atomic mass is 16.5. The molecule has 4 heteroatoms. The Hall–Kier alpha value is -2.49. The third-order valence-electron chi connectivity index (χ3n) is 4.97. The van der Waals surface area contributed by atoms with Gasteiger partial charge in [0, 0.05) is 24.0 Å². The van der Waals surface area contributed by atoms with Crippen molar-refractivity contribution < 1.29 is 9.53 Å². The zero-order chi connectivity index (χ0) is 18.5. The van der Waals surface area contributed by atoms with Gasteiger partial charge in [0.1, 0.15) is 5.75 Å². The molecule has 138 valence electrons. The van der Waals surface area contributed by atoms with Crippen LogP contribution in [0.5, 0.6) is 5.75 Å². The molecule has 1 atom stereocenters. The van der Waals surface area contributed by atoms with E-state index in [-0.39, 0.29) is 12.5 Å². The van der Waals surface area contributed by atoms with Crippen LogP contribution in [0.25, 0.3) is 0 Å². The first-order valence-corrected chi connectivity index (χ1v) is 9.39. The van der Waals surface area contributed by atoms with Crippen molar-refractivity contribution in [3.8, 4) is 5.75 Å². The lowest BCUT2D eigenvalue weighted by molar-refractivity contribution is -0.118. The number of rotatable bonds is 5. The number of anilines is 2. The molecule has 4 nitrogen and oxygen atoms in total. The number of nitrogens with zero attached hydrogens (tertiary/aromatic N) is 1. The van der Waals surface area contributed by atoms with E-state index in [2.05, 4.69) is 29.3 Å². The Morgan fingerprint density at radius 2 is 1.92 bits per heavy atom. The second-order valence-corrected chi connectivity index (χ2v) is 7.19. The minimum Gasteiger partial charge on any atom is -0.483 e. The maximum atomic E-state index is 12.2. The van der Waals surface area contributed by atoms with Crippen LogP contribution in [-0.2, 0) is 4.79 Å². The van der Waals surface area contributed by atoms with E-state index in [4.69, 9.17) is 4.74 Å². The summed E-state index contributed by atoms with van der Waals surface area (Å²) in [7, 11) is 0. The van der Waals surface area contributed by atoms with Gasteiger partial charge in [-0.25, -0.2) is 0 Å². The largest absolute Gasteiger partial charge is 0.483 e. The first kappa shape index (κ1) is 18.3. The average Bonchev–Trinajstić information content (AvgIpc) is 2.62. The summed E-state index contributed by atoms with van der Waals surface area (Å²) in [6.45, 7) is 7.42. The molecule has 0 spiro atoms. The molecule has 26 heavy (non-hydrogen) atoms. The third kappa shape index (κ3) is 4.57. The molecule has 0 bridgehead atoms. The van der Waals surface area contributed by atoms with Crippen molar-refractivity contribution in [2.45, 2.75) is 46.1 Å². The van der Waals surface area contributed by atoms with E-state index in [0.29, 0.717) is 6.04 Å². The monoisotopic (exact) mass is 352 g/mol. The molecule has 0 aromatic heterocycles. The first-order valence-electron chi connectivity index (χ1n) is 9.39. The number of ether oxygens (including phenoxy) is 1. The highest BCUT2D eigenvalue weighted by molar-refractivity contribution is 5.92. The van der Waals surface area contributed by atoms with Crippen molar-refractivity contribution in [2.24, 2.45) is 0 Å². The SMILES string of the molecule is Cc1ccc(OCC(=O)Nc2ccc(N3CCCCC3C)cc2)c(C)c1. The molecule has 3 rings (SSSR count). The van der Waals surface area contributed by atoms with Crippen LogP contribution in [0.3, 0.4) is 0 Å². The fourth-order valence-electron chi connectivity index (χ4n) is 3.52. The van der Waals surface area contributed by atoms with E-state index >= 15 is 0 Å². The molecule has 1 aliphatic rings. The summed E-state index contributed by atoms with van der Waals surface area (Å²) in [6.07, 6.45) is 3.80. The predicted molar refractivity (Wildman–Crippen MR) is 107 cm³/mol. The molecule has 0 saturated carbocycles. The molecule has 2 aromatic carbocycles. The molecule has 2 aromatic rings. The minimum absolute atomic E-state index is 0.00874. The Kier molecular flexibility index (Phi) is 5.82. The van der Waals surface area contributed by atoms with Crippen LogP contribution in [0.2, 0.25) is 0 Å². The van der Waals surface area contributed by atoms with Crippen molar-refractivity contribution >= 4 is 17.3 Å². The lowest BCUT2D eigenvalue weighted by Crippen LogP contribution is -2.37. The molecule has 1 heterocycles. The zero-order valence-electron chi connectivity index (χ0n) is 15.9. The van der Waals surface area contributed by atoms with Crippen LogP contribution in [0, 0.1) is 13.8 Å². The van der Waals surface area contributed by atoms with Gasteiger partial charge in [-0.15, -0.1) is 0 Å². The average molecular weight is 352 g/mol. The molecule has 1 amide bonds. The van der Waals surface area contributed by atoms with E-state index < -0.39 is 0 Å². The van der Waals surface area contributed by atoms with Gasteiger partial charge < -0.3 is 15.0 Å². The number of amides is 1. The van der Waals surface area contributed by atoms with Crippen LogP contribution >= 0.6 is 0 Å². The number of carbonyl (C=O) groups excluding carboxylic acids is 1. The molecular weight excluding hydrogens is 324 g/mol. The summed E-state index contributed by atoms with van der Waals surface area (Å²) in [4.78, 5) is 14.6. The van der Waals surface area contributed by atoms with Gasteiger partial charge in [0.2, 0.25) is 0 Å². The van der Waals surface area contributed by atoms with Gasteiger partial charge in [-0.05, 0) is 75.9 Å². The van der Waals surface area contributed by atoms with E-state index in [1.54, 1.807) is 0 Å². The molecule has 0 aliphatic carbocycles. The highest BCUT2D eigenvalue weighted by Gasteiger charge is 2.18. The topological polar surface area (TPSA) is 41.6 Å². The fourth-order valence-corrected chi connectivity index (χ4v) is 3.52. The second-order valence-electron chi connectivity index (χ2n) is 7.19. The number of benzene rings is 2. The van der Waals surface area contributed by atoms with Crippen LogP contribution in [0.15, 0.2) is 42.5 Å². The number of carbonyl (C=O) groups is 1. The van der Waals surface area contributed by atoms with E-state index in [9.17, 15) is 4.79 Å². The van der Waals surface area contributed by atoms with Gasteiger partial charge in [-0.1, -0.05) is 17.7 Å². The smallest absolute Gasteiger partial charge is 0.262 e. The third-order valence-corrected chi connectivity index (χ3v) is 4.97.